The Morgan fingerprint density at radius 1 is 1.16 bits per heavy atom. The van der Waals surface area contributed by atoms with Crippen molar-refractivity contribution < 1.29 is 4.79 Å². The maximum absolute atomic E-state index is 12.8. The molecule has 0 radical (unpaired) electrons. The fourth-order valence-corrected chi connectivity index (χ4v) is 5.62. The minimum atomic E-state index is 0.133. The van der Waals surface area contributed by atoms with Crippen LogP contribution in [-0.4, -0.2) is 5.78 Å². The molecule has 2 aromatic heterocycles. The molecule has 0 amide bonds. The third kappa shape index (κ3) is 1.91. The molecule has 0 fully saturated rings. The van der Waals surface area contributed by atoms with Crippen LogP contribution in [0.1, 0.15) is 55.7 Å². The van der Waals surface area contributed by atoms with Crippen LogP contribution >= 0.6 is 22.7 Å². The topological polar surface area (TPSA) is 17.1 Å². The first kappa shape index (κ1) is 11.9. The van der Waals surface area contributed by atoms with Gasteiger partial charge >= 0.3 is 0 Å². The van der Waals surface area contributed by atoms with Gasteiger partial charge in [0.15, 0.2) is 5.78 Å². The van der Waals surface area contributed by atoms with E-state index in [2.05, 4.69) is 17.5 Å². The van der Waals surface area contributed by atoms with Gasteiger partial charge < -0.3 is 0 Å². The van der Waals surface area contributed by atoms with Crippen LogP contribution in [0.25, 0.3) is 0 Å². The predicted molar refractivity (Wildman–Crippen MR) is 80.7 cm³/mol. The first-order valence-corrected chi connectivity index (χ1v) is 8.74. The van der Waals surface area contributed by atoms with E-state index in [0.29, 0.717) is 5.78 Å². The maximum Gasteiger partial charge on any atom is 0.180 e. The summed E-state index contributed by atoms with van der Waals surface area (Å²) in [5, 5.41) is 2.14. The zero-order valence-corrected chi connectivity index (χ0v) is 12.4. The average Bonchev–Trinajstić information content (AvgIpc) is 3.11. The zero-order chi connectivity index (χ0) is 12.8. The summed E-state index contributed by atoms with van der Waals surface area (Å²) in [5.41, 5.74) is 2.75. The van der Waals surface area contributed by atoms with Crippen molar-refractivity contribution in [2.45, 2.75) is 44.4 Å². The lowest BCUT2D eigenvalue weighted by molar-refractivity contribution is 0.0955. The molecule has 1 unspecified atom stereocenters. The normalized spacial score (nSPS) is 21.2. The fraction of sp³-hybridized carbons (Fsp3) is 0.438. The quantitative estimate of drug-likeness (QED) is 0.738. The van der Waals surface area contributed by atoms with E-state index in [1.54, 1.807) is 11.3 Å². The van der Waals surface area contributed by atoms with Crippen LogP contribution in [0.5, 0.6) is 0 Å². The fourth-order valence-electron chi connectivity index (χ4n) is 3.38. The van der Waals surface area contributed by atoms with Gasteiger partial charge in [-0.25, -0.2) is 0 Å². The van der Waals surface area contributed by atoms with Crippen LogP contribution in [0.3, 0.4) is 0 Å². The Morgan fingerprint density at radius 2 is 2.05 bits per heavy atom. The maximum atomic E-state index is 12.8. The number of hydrogen-bond donors (Lipinski definition) is 0. The lowest BCUT2D eigenvalue weighted by atomic mass is 9.84. The van der Waals surface area contributed by atoms with Gasteiger partial charge in [-0.15, -0.1) is 22.7 Å². The Hall–Kier alpha value is -0.930. The number of rotatable bonds is 2. The molecular formula is C16H16OS2. The van der Waals surface area contributed by atoms with E-state index in [1.807, 2.05) is 11.3 Å². The Kier molecular flexibility index (Phi) is 2.85. The van der Waals surface area contributed by atoms with Crippen molar-refractivity contribution in [3.8, 4) is 0 Å². The Morgan fingerprint density at radius 3 is 2.95 bits per heavy atom. The lowest BCUT2D eigenvalue weighted by Crippen LogP contribution is -2.16. The standard InChI is InChI=1S/C16H16OS2/c17-16(15-9-10-3-1-5-13(10)19-15)12-4-2-6-14-11(12)7-8-18-14/h7-9,12H,1-6H2. The number of ketones is 1. The molecule has 2 aromatic rings. The summed E-state index contributed by atoms with van der Waals surface area (Å²) in [4.78, 5) is 16.7. The summed E-state index contributed by atoms with van der Waals surface area (Å²) in [6, 6.07) is 4.35. The van der Waals surface area contributed by atoms with Crippen LogP contribution in [0.4, 0.5) is 0 Å². The van der Waals surface area contributed by atoms with Gasteiger partial charge in [0.25, 0.3) is 0 Å². The summed E-state index contributed by atoms with van der Waals surface area (Å²) in [5.74, 6) is 0.507. The smallest absolute Gasteiger partial charge is 0.180 e. The van der Waals surface area contributed by atoms with E-state index < -0.39 is 0 Å². The molecule has 19 heavy (non-hydrogen) atoms. The van der Waals surface area contributed by atoms with Crippen LogP contribution < -0.4 is 0 Å². The lowest BCUT2D eigenvalue weighted by Gasteiger charge is -2.20. The summed E-state index contributed by atoms with van der Waals surface area (Å²) >= 11 is 3.57. The van der Waals surface area contributed by atoms with Crippen LogP contribution in [0.2, 0.25) is 0 Å². The van der Waals surface area contributed by atoms with Crippen molar-refractivity contribution >= 4 is 28.5 Å². The van der Waals surface area contributed by atoms with Gasteiger partial charge in [0.05, 0.1) is 4.88 Å². The third-order valence-corrected chi connectivity index (χ3v) is 6.61. The highest BCUT2D eigenvalue weighted by Gasteiger charge is 2.30. The summed E-state index contributed by atoms with van der Waals surface area (Å²) in [6.45, 7) is 0. The van der Waals surface area contributed by atoms with Gasteiger partial charge in [-0.3, -0.25) is 4.79 Å². The number of carbonyl (C=O) groups excluding carboxylic acids is 1. The van der Waals surface area contributed by atoms with Crippen LogP contribution in [0, 0.1) is 0 Å². The molecule has 1 atom stereocenters. The van der Waals surface area contributed by atoms with Crippen molar-refractivity contribution in [1.29, 1.82) is 0 Å². The first-order valence-electron chi connectivity index (χ1n) is 7.05. The number of hydrogen-bond acceptors (Lipinski definition) is 3. The van der Waals surface area contributed by atoms with E-state index >= 15 is 0 Å². The molecule has 0 N–H and O–H groups in total. The predicted octanol–water partition coefficient (Wildman–Crippen LogP) is 4.60. The van der Waals surface area contributed by atoms with E-state index in [9.17, 15) is 4.79 Å². The second kappa shape index (κ2) is 4.57. The molecule has 3 heteroatoms. The summed E-state index contributed by atoms with van der Waals surface area (Å²) < 4.78 is 0. The second-order valence-electron chi connectivity index (χ2n) is 5.52. The van der Waals surface area contributed by atoms with E-state index in [0.717, 1.165) is 24.1 Å². The molecule has 2 aliphatic rings. The second-order valence-corrected chi connectivity index (χ2v) is 7.66. The summed E-state index contributed by atoms with van der Waals surface area (Å²) in [6.07, 6.45) is 6.99. The first-order chi connectivity index (χ1) is 9.33. The number of carbonyl (C=O) groups is 1. The third-order valence-electron chi connectivity index (χ3n) is 4.36. The van der Waals surface area contributed by atoms with Crippen LogP contribution in [0.15, 0.2) is 17.5 Å². The van der Waals surface area contributed by atoms with Gasteiger partial charge in [-0.2, -0.15) is 0 Å². The Balaban J connectivity index is 1.68. The molecule has 0 bridgehead atoms. The average molecular weight is 288 g/mol. The van der Waals surface area contributed by atoms with Crippen molar-refractivity contribution in [1.82, 2.24) is 0 Å². The highest BCUT2D eigenvalue weighted by molar-refractivity contribution is 7.14. The molecule has 4 rings (SSSR count). The van der Waals surface area contributed by atoms with E-state index in [4.69, 9.17) is 0 Å². The summed E-state index contributed by atoms with van der Waals surface area (Å²) in [7, 11) is 0. The minimum absolute atomic E-state index is 0.133. The van der Waals surface area contributed by atoms with Crippen molar-refractivity contribution in [3.63, 3.8) is 0 Å². The zero-order valence-electron chi connectivity index (χ0n) is 10.8. The highest BCUT2D eigenvalue weighted by atomic mass is 32.1. The Bertz CT molecular complexity index is 613. The van der Waals surface area contributed by atoms with E-state index in [-0.39, 0.29) is 5.92 Å². The molecule has 2 aliphatic carbocycles. The molecular weight excluding hydrogens is 272 g/mol. The molecule has 0 aliphatic heterocycles. The molecule has 2 heterocycles. The Labute approximate surface area is 121 Å². The monoisotopic (exact) mass is 288 g/mol. The van der Waals surface area contributed by atoms with E-state index in [1.165, 1.54) is 40.1 Å². The molecule has 1 nitrogen and oxygen atoms in total. The number of fused-ring (bicyclic) bond motifs is 2. The molecule has 0 saturated carbocycles. The van der Waals surface area contributed by atoms with Gasteiger partial charge in [0.1, 0.15) is 0 Å². The molecule has 0 saturated heterocycles. The van der Waals surface area contributed by atoms with Crippen molar-refractivity contribution in [2.24, 2.45) is 0 Å². The highest BCUT2D eigenvalue weighted by Crippen LogP contribution is 2.39. The largest absolute Gasteiger partial charge is 0.293 e. The van der Waals surface area contributed by atoms with Crippen molar-refractivity contribution in [3.05, 3.63) is 43.3 Å². The van der Waals surface area contributed by atoms with Crippen LogP contribution in [-0.2, 0) is 19.3 Å². The molecule has 0 spiro atoms. The van der Waals surface area contributed by atoms with Gasteiger partial charge in [0, 0.05) is 15.7 Å². The number of Topliss-reactive ketones (excluding diaryl/α,β-unsaturated/α-hetero) is 1. The van der Waals surface area contributed by atoms with Gasteiger partial charge in [0.2, 0.25) is 0 Å². The number of thiophene rings is 2. The minimum Gasteiger partial charge on any atom is -0.293 e. The molecule has 0 aromatic carbocycles. The SMILES string of the molecule is O=C(c1cc2c(s1)CCC2)C1CCCc2sccc21. The number of aryl methyl sites for hydroxylation is 3. The molecule has 98 valence electrons. The van der Waals surface area contributed by atoms with Gasteiger partial charge in [-0.1, -0.05) is 0 Å². The van der Waals surface area contributed by atoms with Gasteiger partial charge in [-0.05, 0) is 67.2 Å². The van der Waals surface area contributed by atoms with Crippen molar-refractivity contribution in [2.75, 3.05) is 0 Å².